The molecule has 0 fully saturated rings. The molecule has 10 heteroatoms. The van der Waals surface area contributed by atoms with Gasteiger partial charge in [-0.25, -0.2) is 0 Å². The number of nitrogens with one attached hydrogen (secondary N) is 1. The number of primary amides is 1. The zero-order valence-electron chi connectivity index (χ0n) is 14.2. The van der Waals surface area contributed by atoms with Gasteiger partial charge in [0.05, 0.1) is 15.6 Å². The minimum absolute atomic E-state index is 0.0317. The Hall–Kier alpha value is -3.90. The first-order chi connectivity index (χ1) is 13.3. The zero-order valence-corrected chi connectivity index (χ0v) is 15.0. The van der Waals surface area contributed by atoms with E-state index in [0.717, 1.165) is 6.07 Å². The van der Waals surface area contributed by atoms with E-state index in [1.54, 1.807) is 30.3 Å². The van der Waals surface area contributed by atoms with Crippen LogP contribution in [-0.4, -0.2) is 23.3 Å². The third-order valence-electron chi connectivity index (χ3n) is 3.35. The molecule has 0 aliphatic heterocycles. The van der Waals surface area contributed by atoms with Gasteiger partial charge in [0.25, 0.3) is 17.5 Å². The number of non-ortho nitro benzene ring substituents is 1. The van der Waals surface area contributed by atoms with Crippen LogP contribution in [0.15, 0.2) is 48.0 Å². The summed E-state index contributed by atoms with van der Waals surface area (Å²) in [4.78, 5) is 33.1. The summed E-state index contributed by atoms with van der Waals surface area (Å²) in [5.74, 6) is -0.943. The molecule has 0 unspecified atom stereocenters. The number of nitro groups is 1. The lowest BCUT2D eigenvalue weighted by Gasteiger charge is -2.07. The monoisotopic (exact) mass is 400 g/mol. The highest BCUT2D eigenvalue weighted by atomic mass is 35.5. The second-order valence-electron chi connectivity index (χ2n) is 5.37. The molecular formula is C18H13ClN4O5. The van der Waals surface area contributed by atoms with E-state index in [-0.39, 0.29) is 28.6 Å². The van der Waals surface area contributed by atoms with Gasteiger partial charge in [0, 0.05) is 12.1 Å². The highest BCUT2D eigenvalue weighted by Gasteiger charge is 2.14. The molecule has 0 heterocycles. The number of carbonyl (C=O) groups excluding carboxylic acids is 2. The van der Waals surface area contributed by atoms with Crippen molar-refractivity contribution in [3.8, 4) is 11.8 Å². The number of nitriles is 1. The van der Waals surface area contributed by atoms with Crippen molar-refractivity contribution >= 4 is 40.9 Å². The van der Waals surface area contributed by atoms with Crippen molar-refractivity contribution in [1.82, 2.24) is 0 Å². The minimum atomic E-state index is -0.729. The van der Waals surface area contributed by atoms with Gasteiger partial charge in [0.15, 0.2) is 6.61 Å². The van der Waals surface area contributed by atoms with Gasteiger partial charge in [-0.3, -0.25) is 19.7 Å². The Balaban J connectivity index is 2.14. The molecule has 0 spiro atoms. The standard InChI is InChI=1S/C18H13ClN4O5/c19-15-8-13(23(26)27)3-6-16(15)22-18(25)12(9-20)7-11-1-4-14(5-2-11)28-10-17(21)24/h1-8H,10H2,(H2,21,24)(H,22,25)/b12-7+. The van der Waals surface area contributed by atoms with E-state index >= 15 is 0 Å². The maximum atomic E-state index is 12.3. The number of nitro benzene ring substituents is 1. The fourth-order valence-corrected chi connectivity index (χ4v) is 2.26. The van der Waals surface area contributed by atoms with E-state index in [2.05, 4.69) is 5.32 Å². The van der Waals surface area contributed by atoms with Crippen LogP contribution >= 0.6 is 11.6 Å². The maximum absolute atomic E-state index is 12.3. The molecule has 0 saturated heterocycles. The van der Waals surface area contributed by atoms with Crippen LogP contribution in [0.3, 0.4) is 0 Å². The van der Waals surface area contributed by atoms with Gasteiger partial charge in [0.2, 0.25) is 0 Å². The van der Waals surface area contributed by atoms with Crippen molar-refractivity contribution in [3.63, 3.8) is 0 Å². The summed E-state index contributed by atoms with van der Waals surface area (Å²) in [5.41, 5.74) is 5.22. The summed E-state index contributed by atoms with van der Waals surface area (Å²) in [5, 5.41) is 22.4. The molecule has 0 aliphatic rings. The molecule has 0 aliphatic carbocycles. The molecule has 2 aromatic carbocycles. The van der Waals surface area contributed by atoms with Crippen LogP contribution in [0.5, 0.6) is 5.75 Å². The van der Waals surface area contributed by atoms with Gasteiger partial charge in [0.1, 0.15) is 17.4 Å². The van der Waals surface area contributed by atoms with Crippen LogP contribution in [0.1, 0.15) is 5.56 Å². The minimum Gasteiger partial charge on any atom is -0.484 e. The fourth-order valence-electron chi connectivity index (χ4n) is 2.04. The van der Waals surface area contributed by atoms with Crippen LogP contribution in [0.4, 0.5) is 11.4 Å². The van der Waals surface area contributed by atoms with E-state index in [1.165, 1.54) is 18.2 Å². The molecule has 3 N–H and O–H groups in total. The predicted molar refractivity (Wildman–Crippen MR) is 101 cm³/mol. The second kappa shape index (κ2) is 9.16. The number of hydrogen-bond acceptors (Lipinski definition) is 6. The van der Waals surface area contributed by atoms with Gasteiger partial charge in [-0.05, 0) is 29.8 Å². The molecule has 2 aromatic rings. The number of amides is 2. The third kappa shape index (κ3) is 5.55. The molecule has 0 bridgehead atoms. The van der Waals surface area contributed by atoms with Gasteiger partial charge < -0.3 is 15.8 Å². The Bertz CT molecular complexity index is 996. The highest BCUT2D eigenvalue weighted by molar-refractivity contribution is 6.34. The van der Waals surface area contributed by atoms with Crippen molar-refractivity contribution < 1.29 is 19.2 Å². The Morgan fingerprint density at radius 1 is 1.29 bits per heavy atom. The Morgan fingerprint density at radius 2 is 1.96 bits per heavy atom. The summed E-state index contributed by atoms with van der Waals surface area (Å²) in [7, 11) is 0. The lowest BCUT2D eigenvalue weighted by atomic mass is 10.1. The van der Waals surface area contributed by atoms with Crippen molar-refractivity contribution in [2.45, 2.75) is 0 Å². The van der Waals surface area contributed by atoms with E-state index < -0.39 is 16.7 Å². The molecule has 9 nitrogen and oxygen atoms in total. The summed E-state index contributed by atoms with van der Waals surface area (Å²) in [6.07, 6.45) is 1.34. The second-order valence-corrected chi connectivity index (χ2v) is 5.78. The maximum Gasteiger partial charge on any atom is 0.271 e. The summed E-state index contributed by atoms with van der Waals surface area (Å²) < 4.78 is 5.12. The predicted octanol–water partition coefficient (Wildman–Crippen LogP) is 2.66. The van der Waals surface area contributed by atoms with Crippen molar-refractivity contribution in [1.29, 1.82) is 5.26 Å². The van der Waals surface area contributed by atoms with Crippen molar-refractivity contribution in [3.05, 3.63) is 68.7 Å². The molecule has 2 amide bonds. The van der Waals surface area contributed by atoms with Crippen LogP contribution in [0, 0.1) is 21.4 Å². The van der Waals surface area contributed by atoms with Crippen LogP contribution in [0.2, 0.25) is 5.02 Å². The summed E-state index contributed by atoms with van der Waals surface area (Å²) in [6, 6.07) is 11.6. The number of ether oxygens (including phenoxy) is 1. The van der Waals surface area contributed by atoms with Crippen molar-refractivity contribution in [2.75, 3.05) is 11.9 Å². The normalized spacial score (nSPS) is 10.6. The number of hydrogen-bond donors (Lipinski definition) is 2. The third-order valence-corrected chi connectivity index (χ3v) is 3.66. The van der Waals surface area contributed by atoms with Crippen LogP contribution in [-0.2, 0) is 9.59 Å². The number of halogens is 1. The smallest absolute Gasteiger partial charge is 0.271 e. The molecular weight excluding hydrogens is 388 g/mol. The largest absolute Gasteiger partial charge is 0.484 e. The van der Waals surface area contributed by atoms with E-state index in [0.29, 0.717) is 11.3 Å². The van der Waals surface area contributed by atoms with E-state index in [1.807, 2.05) is 0 Å². The number of carbonyl (C=O) groups is 2. The van der Waals surface area contributed by atoms with Crippen molar-refractivity contribution in [2.24, 2.45) is 5.73 Å². The summed E-state index contributed by atoms with van der Waals surface area (Å²) >= 11 is 5.93. The first-order valence-electron chi connectivity index (χ1n) is 7.68. The van der Waals surface area contributed by atoms with E-state index in [9.17, 15) is 25.0 Å². The topological polar surface area (TPSA) is 148 Å². The average molecular weight is 401 g/mol. The first kappa shape index (κ1) is 20.4. The number of nitrogens with two attached hydrogens (primary N) is 1. The van der Waals surface area contributed by atoms with Gasteiger partial charge in [-0.2, -0.15) is 5.26 Å². The Kier molecular flexibility index (Phi) is 6.68. The number of anilines is 1. The highest BCUT2D eigenvalue weighted by Crippen LogP contribution is 2.27. The summed E-state index contributed by atoms with van der Waals surface area (Å²) in [6.45, 7) is -0.267. The van der Waals surface area contributed by atoms with E-state index in [4.69, 9.17) is 22.1 Å². The number of rotatable bonds is 7. The lowest BCUT2D eigenvalue weighted by molar-refractivity contribution is -0.384. The average Bonchev–Trinajstić information content (AvgIpc) is 2.66. The van der Waals surface area contributed by atoms with Gasteiger partial charge >= 0.3 is 0 Å². The zero-order chi connectivity index (χ0) is 20.7. The van der Waals surface area contributed by atoms with Crippen LogP contribution < -0.4 is 15.8 Å². The van der Waals surface area contributed by atoms with Crippen LogP contribution in [0.25, 0.3) is 6.08 Å². The lowest BCUT2D eigenvalue weighted by Crippen LogP contribution is -2.19. The molecule has 0 saturated carbocycles. The SMILES string of the molecule is N#C/C(=C\c1ccc(OCC(N)=O)cc1)C(=O)Nc1ccc([N+](=O)[O-])cc1Cl. The Morgan fingerprint density at radius 3 is 2.50 bits per heavy atom. The van der Waals surface area contributed by atoms with Gasteiger partial charge in [-0.1, -0.05) is 23.7 Å². The Labute approximate surface area is 164 Å². The quantitative estimate of drug-likeness (QED) is 0.316. The fraction of sp³-hybridized carbons (Fsp3) is 0.0556. The van der Waals surface area contributed by atoms with Gasteiger partial charge in [-0.15, -0.1) is 0 Å². The molecule has 2 rings (SSSR count). The molecule has 0 radical (unpaired) electrons. The first-order valence-corrected chi connectivity index (χ1v) is 8.06. The molecule has 0 aromatic heterocycles. The molecule has 0 atom stereocenters. The molecule has 28 heavy (non-hydrogen) atoms. The molecule has 142 valence electrons. The number of benzene rings is 2. The number of nitrogens with zero attached hydrogens (tertiary/aromatic N) is 2.